The Labute approximate surface area is 188 Å². The van der Waals surface area contributed by atoms with Gasteiger partial charge in [-0.15, -0.1) is 0 Å². The summed E-state index contributed by atoms with van der Waals surface area (Å²) >= 11 is 0. The standard InChI is InChI=1S/C28H41NO2/c1-27-13-11-22(30)17-20(27)7-10-23-24(27)12-14-28(2)25(23)16-19(26(28)31)15-18-5-8-21(9-6-18)29(3)4/h5-6,8-9,15,20,22-26,30-31H,7,10-14,16-17H2,1-4H3/b19-15+/t20-,22+,23-,24+,25+,26-,27+,28+/m1/s1. The molecule has 31 heavy (non-hydrogen) atoms. The summed E-state index contributed by atoms with van der Waals surface area (Å²) in [6, 6.07) is 8.69. The first-order chi connectivity index (χ1) is 14.7. The zero-order chi connectivity index (χ0) is 22.0. The van der Waals surface area contributed by atoms with Crippen LogP contribution >= 0.6 is 0 Å². The number of hydrogen-bond donors (Lipinski definition) is 2. The van der Waals surface area contributed by atoms with Crippen molar-refractivity contribution in [1.29, 1.82) is 0 Å². The van der Waals surface area contributed by atoms with Gasteiger partial charge < -0.3 is 15.1 Å². The van der Waals surface area contributed by atoms with Crippen molar-refractivity contribution in [1.82, 2.24) is 0 Å². The van der Waals surface area contributed by atoms with Crippen molar-refractivity contribution in [3.8, 4) is 0 Å². The van der Waals surface area contributed by atoms with Gasteiger partial charge in [-0.3, -0.25) is 0 Å². The number of rotatable bonds is 2. The Morgan fingerprint density at radius 2 is 1.61 bits per heavy atom. The lowest BCUT2D eigenvalue weighted by atomic mass is 9.45. The fourth-order valence-corrected chi connectivity index (χ4v) is 8.32. The van der Waals surface area contributed by atoms with Crippen LogP contribution in [-0.4, -0.2) is 36.5 Å². The fraction of sp³-hybridized carbons (Fsp3) is 0.714. The quantitative estimate of drug-likeness (QED) is 0.659. The van der Waals surface area contributed by atoms with Crippen LogP contribution in [0.15, 0.2) is 29.8 Å². The molecule has 0 aromatic heterocycles. The Bertz CT molecular complexity index is 845. The van der Waals surface area contributed by atoms with Gasteiger partial charge in [0.25, 0.3) is 0 Å². The molecule has 0 unspecified atom stereocenters. The van der Waals surface area contributed by atoms with Crippen LogP contribution in [0.2, 0.25) is 0 Å². The SMILES string of the molecule is CN(C)c1ccc(/C=C2\C[C@H]3[C@@H]4CC[C@@H]5C[C@@H](O)CC[C@]5(C)[C@H]4CC[C@]3(C)[C@@H]2O)cc1. The van der Waals surface area contributed by atoms with Crippen molar-refractivity contribution >= 4 is 11.8 Å². The average molecular weight is 424 g/mol. The molecule has 1 aromatic carbocycles. The molecule has 0 heterocycles. The van der Waals surface area contributed by atoms with E-state index in [9.17, 15) is 10.2 Å². The van der Waals surface area contributed by atoms with E-state index in [0.717, 1.165) is 37.5 Å². The summed E-state index contributed by atoms with van der Waals surface area (Å²) in [6.07, 6.45) is 11.1. The highest BCUT2D eigenvalue weighted by atomic mass is 16.3. The molecule has 4 aliphatic carbocycles. The van der Waals surface area contributed by atoms with Gasteiger partial charge in [-0.05, 0) is 104 Å². The molecule has 170 valence electrons. The highest BCUT2D eigenvalue weighted by Crippen LogP contribution is 2.67. The second-order valence-electron chi connectivity index (χ2n) is 11.9. The Balaban J connectivity index is 1.40. The molecule has 8 atom stereocenters. The van der Waals surface area contributed by atoms with Gasteiger partial charge in [0.1, 0.15) is 0 Å². The topological polar surface area (TPSA) is 43.7 Å². The van der Waals surface area contributed by atoms with Gasteiger partial charge in [-0.1, -0.05) is 32.1 Å². The van der Waals surface area contributed by atoms with Crippen molar-refractivity contribution < 1.29 is 10.2 Å². The summed E-state index contributed by atoms with van der Waals surface area (Å²) in [5, 5.41) is 21.7. The number of nitrogens with zero attached hydrogens (tertiary/aromatic N) is 1. The van der Waals surface area contributed by atoms with Gasteiger partial charge >= 0.3 is 0 Å². The normalized spacial score (nSPS) is 45.7. The molecule has 0 spiro atoms. The number of fused-ring (bicyclic) bond motifs is 5. The largest absolute Gasteiger partial charge is 0.393 e. The molecule has 0 bridgehead atoms. The monoisotopic (exact) mass is 423 g/mol. The van der Waals surface area contributed by atoms with Crippen LogP contribution in [0.4, 0.5) is 5.69 Å². The van der Waals surface area contributed by atoms with Gasteiger partial charge in [0.05, 0.1) is 12.2 Å². The van der Waals surface area contributed by atoms with Gasteiger partial charge in [-0.25, -0.2) is 0 Å². The predicted octanol–water partition coefficient (Wildman–Crippen LogP) is 5.51. The van der Waals surface area contributed by atoms with Crippen molar-refractivity contribution in [2.24, 2.45) is 34.5 Å². The van der Waals surface area contributed by atoms with Gasteiger partial charge in [0, 0.05) is 25.2 Å². The summed E-state index contributed by atoms with van der Waals surface area (Å²) < 4.78 is 0. The minimum atomic E-state index is -0.314. The van der Waals surface area contributed by atoms with E-state index in [4.69, 9.17) is 0 Å². The van der Waals surface area contributed by atoms with E-state index in [1.807, 2.05) is 0 Å². The molecule has 0 radical (unpaired) electrons. The van der Waals surface area contributed by atoms with E-state index >= 15 is 0 Å². The van der Waals surface area contributed by atoms with E-state index < -0.39 is 0 Å². The summed E-state index contributed by atoms with van der Waals surface area (Å²) in [7, 11) is 4.14. The van der Waals surface area contributed by atoms with Gasteiger partial charge in [-0.2, -0.15) is 0 Å². The van der Waals surface area contributed by atoms with E-state index in [2.05, 4.69) is 63.2 Å². The second-order valence-corrected chi connectivity index (χ2v) is 11.9. The van der Waals surface area contributed by atoms with Crippen molar-refractivity contribution in [3.05, 3.63) is 35.4 Å². The Kier molecular flexibility index (Phi) is 5.29. The lowest BCUT2D eigenvalue weighted by Gasteiger charge is -2.60. The van der Waals surface area contributed by atoms with E-state index in [1.54, 1.807) is 0 Å². The number of benzene rings is 1. The van der Waals surface area contributed by atoms with Crippen LogP contribution in [0.3, 0.4) is 0 Å². The third kappa shape index (κ3) is 3.38. The first kappa shape index (κ1) is 21.5. The lowest BCUT2D eigenvalue weighted by molar-refractivity contribution is -0.133. The van der Waals surface area contributed by atoms with Crippen LogP contribution in [-0.2, 0) is 0 Å². The summed E-state index contributed by atoms with van der Waals surface area (Å²) in [4.78, 5) is 2.12. The van der Waals surface area contributed by atoms with Crippen molar-refractivity contribution in [3.63, 3.8) is 0 Å². The predicted molar refractivity (Wildman–Crippen MR) is 128 cm³/mol. The molecule has 3 nitrogen and oxygen atoms in total. The lowest BCUT2D eigenvalue weighted by Crippen LogP contribution is -2.54. The summed E-state index contributed by atoms with van der Waals surface area (Å²) in [6.45, 7) is 4.91. The maximum atomic E-state index is 11.5. The Morgan fingerprint density at radius 3 is 2.32 bits per heavy atom. The summed E-state index contributed by atoms with van der Waals surface area (Å²) in [5.74, 6) is 2.78. The summed E-state index contributed by atoms with van der Waals surface area (Å²) in [5.41, 5.74) is 4.07. The third-order valence-corrected chi connectivity index (χ3v) is 10.3. The maximum Gasteiger partial charge on any atom is 0.0809 e. The van der Waals surface area contributed by atoms with Gasteiger partial charge in [0.15, 0.2) is 0 Å². The van der Waals surface area contributed by atoms with E-state index in [-0.39, 0.29) is 17.6 Å². The first-order valence-corrected chi connectivity index (χ1v) is 12.6. The molecule has 0 amide bonds. The van der Waals surface area contributed by atoms with Crippen LogP contribution < -0.4 is 4.90 Å². The minimum Gasteiger partial charge on any atom is -0.393 e. The highest BCUT2D eigenvalue weighted by Gasteiger charge is 2.61. The van der Waals surface area contributed by atoms with E-state index in [1.165, 1.54) is 42.5 Å². The van der Waals surface area contributed by atoms with Crippen LogP contribution in [0.5, 0.6) is 0 Å². The van der Waals surface area contributed by atoms with Crippen LogP contribution in [0.1, 0.15) is 70.8 Å². The second kappa shape index (κ2) is 7.63. The number of aliphatic hydroxyl groups excluding tert-OH is 2. The zero-order valence-corrected chi connectivity index (χ0v) is 19.8. The molecule has 3 heteroatoms. The molecule has 0 saturated heterocycles. The molecule has 4 saturated carbocycles. The fourth-order valence-electron chi connectivity index (χ4n) is 8.32. The molecule has 4 aliphatic rings. The molecule has 5 rings (SSSR count). The molecule has 2 N–H and O–H groups in total. The molecular weight excluding hydrogens is 382 g/mol. The number of anilines is 1. The number of hydrogen-bond acceptors (Lipinski definition) is 3. The van der Waals surface area contributed by atoms with Gasteiger partial charge in [0.2, 0.25) is 0 Å². The average Bonchev–Trinajstić information content (AvgIpc) is 2.99. The molecule has 4 fully saturated rings. The van der Waals surface area contributed by atoms with E-state index in [0.29, 0.717) is 17.3 Å². The minimum absolute atomic E-state index is 0.0218. The molecule has 1 aromatic rings. The first-order valence-electron chi connectivity index (χ1n) is 12.6. The molecule has 0 aliphatic heterocycles. The van der Waals surface area contributed by atoms with Crippen LogP contribution in [0, 0.1) is 34.5 Å². The maximum absolute atomic E-state index is 11.5. The Morgan fingerprint density at radius 1 is 0.903 bits per heavy atom. The highest BCUT2D eigenvalue weighted by molar-refractivity contribution is 5.59. The van der Waals surface area contributed by atoms with Crippen molar-refractivity contribution in [2.45, 2.75) is 77.4 Å². The smallest absolute Gasteiger partial charge is 0.0809 e. The van der Waals surface area contributed by atoms with Crippen LogP contribution in [0.25, 0.3) is 6.08 Å². The zero-order valence-electron chi connectivity index (χ0n) is 19.8. The molecular formula is C28H41NO2. The van der Waals surface area contributed by atoms with Crippen molar-refractivity contribution in [2.75, 3.05) is 19.0 Å². The third-order valence-electron chi connectivity index (χ3n) is 10.3. The number of aliphatic hydroxyl groups is 2. The Hall–Kier alpha value is -1.32.